The van der Waals surface area contributed by atoms with Gasteiger partial charge in [0.25, 0.3) is 5.91 Å². The topological polar surface area (TPSA) is 70.7 Å². The highest BCUT2D eigenvalue weighted by Gasteiger charge is 2.23. The van der Waals surface area contributed by atoms with E-state index < -0.39 is 0 Å². The Labute approximate surface area is 183 Å². The lowest BCUT2D eigenvalue weighted by Gasteiger charge is -2.34. The minimum Gasteiger partial charge on any atom is -0.497 e. The molecule has 7 nitrogen and oxygen atoms in total. The maximum absolute atomic E-state index is 12.9. The highest BCUT2D eigenvalue weighted by molar-refractivity contribution is 5.94. The van der Waals surface area contributed by atoms with Crippen LogP contribution in [-0.2, 0) is 6.54 Å². The molecule has 0 unspecified atom stereocenters. The minimum atomic E-state index is 0.0793. The van der Waals surface area contributed by atoms with Crippen molar-refractivity contribution in [2.24, 2.45) is 0 Å². The summed E-state index contributed by atoms with van der Waals surface area (Å²) in [6.45, 7) is 6.66. The molecule has 0 saturated carbocycles. The standard InChI is InChI=1S/C24H30N4O3/c1-3-4-15-31-19-7-5-18(6-8-19)24(29)28-13-11-27(12-14-28)17-23-25-21-10-9-20(30-2)16-22(21)26-23/h5-10,16H,3-4,11-15,17H2,1-2H3,(H,25,26). The van der Waals surface area contributed by atoms with E-state index in [1.165, 1.54) is 0 Å². The third-order valence-electron chi connectivity index (χ3n) is 5.64. The number of fused-ring (bicyclic) bond motifs is 1. The molecule has 3 aromatic rings. The van der Waals surface area contributed by atoms with Crippen LogP contribution in [0.25, 0.3) is 11.0 Å². The van der Waals surface area contributed by atoms with Crippen LogP contribution in [0.1, 0.15) is 35.9 Å². The lowest BCUT2D eigenvalue weighted by atomic mass is 10.1. The highest BCUT2D eigenvalue weighted by Crippen LogP contribution is 2.20. The van der Waals surface area contributed by atoms with Crippen LogP contribution in [0.4, 0.5) is 0 Å². The van der Waals surface area contributed by atoms with E-state index in [1.54, 1.807) is 7.11 Å². The van der Waals surface area contributed by atoms with Gasteiger partial charge in [0.15, 0.2) is 0 Å². The van der Waals surface area contributed by atoms with E-state index in [1.807, 2.05) is 47.4 Å². The fourth-order valence-corrected chi connectivity index (χ4v) is 3.77. The van der Waals surface area contributed by atoms with Crippen molar-refractivity contribution in [1.29, 1.82) is 0 Å². The number of carbonyl (C=O) groups excluding carboxylic acids is 1. The van der Waals surface area contributed by atoms with Crippen molar-refractivity contribution in [3.05, 3.63) is 53.9 Å². The van der Waals surface area contributed by atoms with Gasteiger partial charge in [-0.1, -0.05) is 13.3 Å². The zero-order valence-electron chi connectivity index (χ0n) is 18.3. The fourth-order valence-electron chi connectivity index (χ4n) is 3.77. The number of imidazole rings is 1. The number of piperazine rings is 1. The van der Waals surface area contributed by atoms with Crippen LogP contribution in [-0.4, -0.2) is 65.6 Å². The van der Waals surface area contributed by atoms with E-state index in [2.05, 4.69) is 21.8 Å². The number of nitrogens with zero attached hydrogens (tertiary/aromatic N) is 3. The number of rotatable bonds is 8. The number of carbonyl (C=O) groups is 1. The first-order valence-electron chi connectivity index (χ1n) is 10.9. The number of aromatic amines is 1. The first-order valence-corrected chi connectivity index (χ1v) is 10.9. The summed E-state index contributed by atoms with van der Waals surface area (Å²) < 4.78 is 11.0. The van der Waals surface area contributed by atoms with E-state index in [4.69, 9.17) is 9.47 Å². The summed E-state index contributed by atoms with van der Waals surface area (Å²) >= 11 is 0. The molecule has 2 aromatic carbocycles. The number of unbranched alkanes of at least 4 members (excludes halogenated alkanes) is 1. The van der Waals surface area contributed by atoms with Gasteiger partial charge in [0.2, 0.25) is 0 Å². The molecule has 0 radical (unpaired) electrons. The van der Waals surface area contributed by atoms with Crippen LogP contribution in [0.5, 0.6) is 11.5 Å². The third kappa shape index (κ3) is 5.17. The van der Waals surface area contributed by atoms with Crippen molar-refractivity contribution in [2.45, 2.75) is 26.3 Å². The third-order valence-corrected chi connectivity index (χ3v) is 5.64. The molecule has 0 spiro atoms. The molecule has 4 rings (SSSR count). The Kier molecular flexibility index (Phi) is 6.72. The number of nitrogens with one attached hydrogen (secondary N) is 1. The van der Waals surface area contributed by atoms with E-state index >= 15 is 0 Å². The Morgan fingerprint density at radius 2 is 1.81 bits per heavy atom. The Bertz CT molecular complexity index is 1010. The molecule has 1 amide bonds. The average molecular weight is 423 g/mol. The Hall–Kier alpha value is -3.06. The molecule has 1 aromatic heterocycles. The smallest absolute Gasteiger partial charge is 0.253 e. The molecule has 164 valence electrons. The lowest BCUT2D eigenvalue weighted by molar-refractivity contribution is 0.0626. The van der Waals surface area contributed by atoms with Gasteiger partial charge in [-0.15, -0.1) is 0 Å². The molecule has 1 N–H and O–H groups in total. The molecule has 0 bridgehead atoms. The number of H-pyrrole nitrogens is 1. The van der Waals surface area contributed by atoms with Crippen LogP contribution < -0.4 is 9.47 Å². The number of hydrogen-bond acceptors (Lipinski definition) is 5. The summed E-state index contributed by atoms with van der Waals surface area (Å²) in [5.41, 5.74) is 2.62. The second-order valence-electron chi connectivity index (χ2n) is 7.86. The predicted molar refractivity (Wildman–Crippen MR) is 121 cm³/mol. The largest absolute Gasteiger partial charge is 0.497 e. The molecule has 0 aliphatic carbocycles. The summed E-state index contributed by atoms with van der Waals surface area (Å²) in [7, 11) is 1.66. The van der Waals surface area contributed by atoms with Gasteiger partial charge in [0, 0.05) is 37.8 Å². The van der Waals surface area contributed by atoms with Gasteiger partial charge in [-0.3, -0.25) is 9.69 Å². The zero-order chi connectivity index (χ0) is 21.6. The van der Waals surface area contributed by atoms with Crippen LogP contribution in [0, 0.1) is 0 Å². The maximum atomic E-state index is 12.9. The highest BCUT2D eigenvalue weighted by atomic mass is 16.5. The van der Waals surface area contributed by atoms with Crippen LogP contribution in [0.2, 0.25) is 0 Å². The minimum absolute atomic E-state index is 0.0793. The average Bonchev–Trinajstić information content (AvgIpc) is 3.21. The normalized spacial score (nSPS) is 14.7. The Morgan fingerprint density at radius 3 is 2.52 bits per heavy atom. The van der Waals surface area contributed by atoms with Crippen LogP contribution >= 0.6 is 0 Å². The summed E-state index contributed by atoms with van der Waals surface area (Å²) in [6.07, 6.45) is 2.14. The molecule has 1 saturated heterocycles. The molecular formula is C24H30N4O3. The second-order valence-corrected chi connectivity index (χ2v) is 7.86. The summed E-state index contributed by atoms with van der Waals surface area (Å²) in [6, 6.07) is 13.3. The van der Waals surface area contributed by atoms with Gasteiger partial charge >= 0.3 is 0 Å². The van der Waals surface area contributed by atoms with Crippen molar-refractivity contribution in [2.75, 3.05) is 39.9 Å². The lowest BCUT2D eigenvalue weighted by Crippen LogP contribution is -2.48. The van der Waals surface area contributed by atoms with Crippen molar-refractivity contribution >= 4 is 16.9 Å². The first-order chi connectivity index (χ1) is 15.2. The molecule has 0 atom stereocenters. The summed E-state index contributed by atoms with van der Waals surface area (Å²) in [4.78, 5) is 25.1. The number of amides is 1. The second kappa shape index (κ2) is 9.83. The molecule has 7 heteroatoms. The molecule has 1 aliphatic rings. The fraction of sp³-hybridized carbons (Fsp3) is 0.417. The number of aromatic nitrogens is 2. The quantitative estimate of drug-likeness (QED) is 0.561. The molecule has 2 heterocycles. The SMILES string of the molecule is CCCCOc1ccc(C(=O)N2CCN(Cc3nc4ccc(OC)cc4[nH]3)CC2)cc1. The van der Waals surface area contributed by atoms with Crippen molar-refractivity contribution in [3.63, 3.8) is 0 Å². The predicted octanol–water partition coefficient (Wildman–Crippen LogP) is 3.71. The van der Waals surface area contributed by atoms with Gasteiger partial charge in [0.1, 0.15) is 17.3 Å². The Morgan fingerprint density at radius 1 is 1.06 bits per heavy atom. The molecule has 1 fully saturated rings. The zero-order valence-corrected chi connectivity index (χ0v) is 18.3. The number of benzene rings is 2. The molecule has 1 aliphatic heterocycles. The van der Waals surface area contributed by atoms with Gasteiger partial charge < -0.3 is 19.4 Å². The van der Waals surface area contributed by atoms with Gasteiger partial charge in [-0.05, 0) is 42.8 Å². The molecule has 31 heavy (non-hydrogen) atoms. The molecular weight excluding hydrogens is 392 g/mol. The number of ether oxygens (including phenoxy) is 2. The van der Waals surface area contributed by atoms with Crippen LogP contribution in [0.15, 0.2) is 42.5 Å². The van der Waals surface area contributed by atoms with E-state index in [-0.39, 0.29) is 5.91 Å². The van der Waals surface area contributed by atoms with E-state index in [0.717, 1.165) is 60.8 Å². The maximum Gasteiger partial charge on any atom is 0.253 e. The van der Waals surface area contributed by atoms with Gasteiger partial charge in [0.05, 0.1) is 31.3 Å². The van der Waals surface area contributed by atoms with Crippen molar-refractivity contribution in [1.82, 2.24) is 19.8 Å². The van der Waals surface area contributed by atoms with Gasteiger partial charge in [-0.2, -0.15) is 0 Å². The summed E-state index contributed by atoms with van der Waals surface area (Å²) in [5, 5.41) is 0. The number of hydrogen-bond donors (Lipinski definition) is 1. The van der Waals surface area contributed by atoms with Crippen molar-refractivity contribution < 1.29 is 14.3 Å². The van der Waals surface area contributed by atoms with Crippen LogP contribution in [0.3, 0.4) is 0 Å². The van der Waals surface area contributed by atoms with E-state index in [9.17, 15) is 4.79 Å². The van der Waals surface area contributed by atoms with Crippen molar-refractivity contribution in [3.8, 4) is 11.5 Å². The van der Waals surface area contributed by atoms with E-state index in [0.29, 0.717) is 25.3 Å². The number of methoxy groups -OCH3 is 1. The van der Waals surface area contributed by atoms with Gasteiger partial charge in [-0.25, -0.2) is 4.98 Å². The Balaban J connectivity index is 1.29. The first kappa shape index (κ1) is 21.2. The summed E-state index contributed by atoms with van der Waals surface area (Å²) in [5.74, 6) is 2.64. The monoisotopic (exact) mass is 422 g/mol.